The second-order valence-corrected chi connectivity index (χ2v) is 10.5. The van der Waals surface area contributed by atoms with E-state index in [1.54, 1.807) is 34.2 Å². The molecule has 14 heteroatoms. The van der Waals surface area contributed by atoms with Crippen molar-refractivity contribution in [1.82, 2.24) is 13.9 Å². The summed E-state index contributed by atoms with van der Waals surface area (Å²) < 4.78 is 26.3. The number of thioether (sulfide) groups is 1. The molecule has 1 N–H and O–H groups in total. The summed E-state index contributed by atoms with van der Waals surface area (Å²) in [5.41, 5.74) is 0. The van der Waals surface area contributed by atoms with Gasteiger partial charge in [0.2, 0.25) is 11.5 Å². The molecule has 1 atom stereocenters. The fourth-order valence-corrected chi connectivity index (χ4v) is 5.37. The summed E-state index contributed by atoms with van der Waals surface area (Å²) in [6, 6.07) is 0. The molecular formula is C12H25N4O6PS3. The van der Waals surface area contributed by atoms with Crippen LogP contribution in [0.2, 0.25) is 0 Å². The second kappa shape index (κ2) is 12.9. The number of nitrogens with one attached hydrogen (secondary N) is 1. The largest absolute Gasteiger partial charge is 0.573 e. The Morgan fingerprint density at radius 2 is 1.81 bits per heavy atom. The maximum absolute atomic E-state index is 12.2. The lowest BCUT2D eigenvalue weighted by atomic mass is 10.6. The average molecular weight is 449 g/mol. The first-order chi connectivity index (χ1) is 12.1. The van der Waals surface area contributed by atoms with Crippen molar-refractivity contribution in [3.63, 3.8) is 0 Å². The molecule has 10 nitrogen and oxygen atoms in total. The maximum Gasteiger partial charge on any atom is 0.479 e. The quantitative estimate of drug-likeness (QED) is 0.139. The van der Waals surface area contributed by atoms with Gasteiger partial charge in [0, 0.05) is 14.1 Å². The van der Waals surface area contributed by atoms with E-state index in [-0.39, 0.29) is 11.3 Å². The number of hydrogen-bond acceptors (Lipinski definition) is 10. The molecule has 0 fully saturated rings. The van der Waals surface area contributed by atoms with Crippen LogP contribution in [0.4, 0.5) is 4.79 Å². The SMILES string of the molecule is CCOP(=S)(CN[S+]([O-])N(C)C(=O)O/N=C(\SC)C(=O)N(C)C)OCC. The van der Waals surface area contributed by atoms with Crippen LogP contribution in [0.25, 0.3) is 0 Å². The summed E-state index contributed by atoms with van der Waals surface area (Å²) in [4.78, 5) is 29.7. The van der Waals surface area contributed by atoms with Crippen LogP contribution in [0.3, 0.4) is 0 Å². The highest BCUT2D eigenvalue weighted by Gasteiger charge is 2.28. The Kier molecular flexibility index (Phi) is 12.7. The number of oxime groups is 1. The Morgan fingerprint density at radius 1 is 1.27 bits per heavy atom. The number of carbonyl (C=O) groups is 2. The summed E-state index contributed by atoms with van der Waals surface area (Å²) in [6.07, 6.45) is 0.619. The zero-order valence-electron chi connectivity index (χ0n) is 15.6. The van der Waals surface area contributed by atoms with Crippen molar-refractivity contribution < 1.29 is 28.0 Å². The summed E-state index contributed by atoms with van der Waals surface area (Å²) in [7, 11) is 4.34. The average Bonchev–Trinajstić information content (AvgIpc) is 2.59. The van der Waals surface area contributed by atoms with E-state index in [9.17, 15) is 14.1 Å². The topological polar surface area (TPSA) is 116 Å². The molecule has 0 aliphatic carbocycles. The standard InChI is InChI=1S/C12H25N4O6PS3/c1-7-20-23(24,21-8-2)9-13-26(19)16(5)12(18)22-14-10(25-6)11(17)15(3)4/h13H,7-9H2,1-6H3/b14-10-. The highest BCUT2D eigenvalue weighted by molar-refractivity contribution is 8.15. The number of nitrogens with zero attached hydrogens (tertiary/aromatic N) is 3. The molecule has 0 aliphatic rings. The van der Waals surface area contributed by atoms with Gasteiger partial charge in [0.25, 0.3) is 5.91 Å². The summed E-state index contributed by atoms with van der Waals surface area (Å²) >= 11 is 4.37. The minimum Gasteiger partial charge on any atom is -0.573 e. The van der Waals surface area contributed by atoms with Gasteiger partial charge >= 0.3 is 6.09 Å². The molecule has 152 valence electrons. The lowest BCUT2D eigenvalue weighted by Crippen LogP contribution is -2.42. The molecule has 0 saturated heterocycles. The summed E-state index contributed by atoms with van der Waals surface area (Å²) in [5.74, 6) is -0.415. The van der Waals surface area contributed by atoms with E-state index < -0.39 is 30.0 Å². The smallest absolute Gasteiger partial charge is 0.479 e. The molecule has 26 heavy (non-hydrogen) atoms. The minimum absolute atomic E-state index is 0.00664. The maximum atomic E-state index is 12.2. The Labute approximate surface area is 166 Å². The predicted octanol–water partition coefficient (Wildman–Crippen LogP) is 1.33. The van der Waals surface area contributed by atoms with E-state index in [2.05, 4.69) is 14.7 Å². The Balaban J connectivity index is 4.76. The molecule has 1 unspecified atom stereocenters. The predicted molar refractivity (Wildman–Crippen MR) is 108 cm³/mol. The van der Waals surface area contributed by atoms with Crippen LogP contribution < -0.4 is 4.72 Å². The highest BCUT2D eigenvalue weighted by Crippen LogP contribution is 2.47. The molecule has 0 spiro atoms. The Hall–Kier alpha value is -0.400. The van der Waals surface area contributed by atoms with E-state index in [0.717, 1.165) is 16.1 Å². The van der Waals surface area contributed by atoms with Gasteiger partial charge in [0.15, 0.2) is 11.5 Å². The number of amides is 2. The first-order valence-electron chi connectivity index (χ1n) is 7.43. The van der Waals surface area contributed by atoms with Crippen molar-refractivity contribution in [2.24, 2.45) is 5.16 Å². The molecule has 0 saturated carbocycles. The van der Waals surface area contributed by atoms with Gasteiger partial charge in [-0.05, 0) is 31.9 Å². The normalized spacial score (nSPS) is 13.3. The molecule has 0 aromatic carbocycles. The van der Waals surface area contributed by atoms with Gasteiger partial charge in [0.1, 0.15) is 6.29 Å². The van der Waals surface area contributed by atoms with E-state index >= 15 is 0 Å². The van der Waals surface area contributed by atoms with Gasteiger partial charge in [-0.25, -0.2) is 4.79 Å². The van der Waals surface area contributed by atoms with Crippen LogP contribution in [0.5, 0.6) is 0 Å². The van der Waals surface area contributed by atoms with E-state index in [0.29, 0.717) is 13.2 Å². The molecule has 0 aromatic rings. The zero-order chi connectivity index (χ0) is 20.3. The van der Waals surface area contributed by atoms with Crippen molar-refractivity contribution in [3.05, 3.63) is 0 Å². The molecule has 0 bridgehead atoms. The van der Waals surface area contributed by atoms with Crippen molar-refractivity contribution in [3.8, 4) is 0 Å². The number of hydrogen-bond donors (Lipinski definition) is 1. The second-order valence-electron chi connectivity index (χ2n) is 4.65. The third kappa shape index (κ3) is 9.00. The van der Waals surface area contributed by atoms with Crippen LogP contribution in [-0.2, 0) is 42.0 Å². The zero-order valence-corrected chi connectivity index (χ0v) is 18.9. The van der Waals surface area contributed by atoms with E-state index in [4.69, 9.17) is 20.9 Å². The molecule has 0 heterocycles. The molecular weight excluding hydrogens is 423 g/mol. The summed E-state index contributed by atoms with van der Waals surface area (Å²) in [5, 5.41) is 3.49. The monoisotopic (exact) mass is 448 g/mol. The minimum atomic E-state index is -2.63. The van der Waals surface area contributed by atoms with Crippen molar-refractivity contribution >= 4 is 58.7 Å². The first-order valence-corrected chi connectivity index (χ1v) is 12.6. The lowest BCUT2D eigenvalue weighted by Gasteiger charge is -2.23. The molecule has 2 amide bonds. The fraction of sp³-hybridized carbons (Fsp3) is 0.750. The van der Waals surface area contributed by atoms with Crippen LogP contribution in [0.1, 0.15) is 13.8 Å². The van der Waals surface area contributed by atoms with Crippen LogP contribution in [-0.4, -0.2) is 77.7 Å². The Bertz CT molecular complexity index is 541. The third-order valence-electron chi connectivity index (χ3n) is 2.53. The van der Waals surface area contributed by atoms with Crippen molar-refractivity contribution in [2.45, 2.75) is 13.8 Å². The number of carbonyl (C=O) groups excluding carboxylic acids is 2. The highest BCUT2D eigenvalue weighted by atomic mass is 32.5. The van der Waals surface area contributed by atoms with E-state index in [1.165, 1.54) is 11.9 Å². The molecule has 0 radical (unpaired) electrons. The van der Waals surface area contributed by atoms with Gasteiger partial charge in [-0.2, -0.15) is 0 Å². The van der Waals surface area contributed by atoms with Gasteiger partial charge in [-0.1, -0.05) is 5.16 Å². The van der Waals surface area contributed by atoms with E-state index in [1.807, 2.05) is 0 Å². The van der Waals surface area contributed by atoms with Crippen LogP contribution in [0.15, 0.2) is 5.16 Å². The van der Waals surface area contributed by atoms with Gasteiger partial charge in [-0.15, -0.1) is 20.8 Å². The van der Waals surface area contributed by atoms with Crippen LogP contribution in [0, 0.1) is 0 Å². The number of rotatable bonds is 9. The molecule has 0 rings (SSSR count). The first kappa shape index (κ1) is 25.6. The lowest BCUT2D eigenvalue weighted by molar-refractivity contribution is -0.121. The van der Waals surface area contributed by atoms with Crippen molar-refractivity contribution in [1.29, 1.82) is 0 Å². The Morgan fingerprint density at radius 3 is 2.23 bits per heavy atom. The molecule has 0 aliphatic heterocycles. The fourth-order valence-electron chi connectivity index (χ4n) is 1.31. The molecule has 0 aromatic heterocycles. The van der Waals surface area contributed by atoms with Crippen LogP contribution >= 0.6 is 18.3 Å². The van der Waals surface area contributed by atoms with Gasteiger partial charge in [0.05, 0.1) is 20.3 Å². The van der Waals surface area contributed by atoms with Crippen molar-refractivity contribution in [2.75, 3.05) is 46.9 Å². The third-order valence-corrected chi connectivity index (χ3v) is 7.28. The van der Waals surface area contributed by atoms with Gasteiger partial charge in [-0.3, -0.25) is 9.63 Å². The summed E-state index contributed by atoms with van der Waals surface area (Å²) in [6.45, 7) is 1.63. The van der Waals surface area contributed by atoms with Gasteiger partial charge < -0.3 is 18.5 Å².